The fourth-order valence-corrected chi connectivity index (χ4v) is 3.54. The Labute approximate surface area is 213 Å². The molecule has 6 heteroatoms. The molecule has 0 aliphatic heterocycles. The molecule has 0 radical (unpaired) electrons. The van der Waals surface area contributed by atoms with Crippen molar-refractivity contribution < 1.29 is 17.1 Å². The summed E-state index contributed by atoms with van der Waals surface area (Å²) in [5, 5.41) is 1.38. The smallest absolute Gasteiger partial charge is 0.358 e. The summed E-state index contributed by atoms with van der Waals surface area (Å²) in [6, 6.07) is 15.6. The Balaban J connectivity index is 0.00000320. The van der Waals surface area contributed by atoms with Crippen LogP contribution in [0.1, 0.15) is 41.9 Å². The van der Waals surface area contributed by atoms with Crippen molar-refractivity contribution in [2.24, 2.45) is 9.98 Å². The first kappa shape index (κ1) is 30.0. The molecule has 0 amide bonds. The van der Waals surface area contributed by atoms with E-state index in [0.29, 0.717) is 5.02 Å². The van der Waals surface area contributed by atoms with Gasteiger partial charge < -0.3 is 14.9 Å². The van der Waals surface area contributed by atoms with Gasteiger partial charge in [0.15, 0.2) is 0 Å². The van der Waals surface area contributed by atoms with Crippen molar-refractivity contribution in [2.45, 2.75) is 34.6 Å². The van der Waals surface area contributed by atoms with Crippen molar-refractivity contribution in [1.29, 1.82) is 0 Å². The third kappa shape index (κ3) is 7.28. The van der Waals surface area contributed by atoms with Gasteiger partial charge in [0.25, 0.3) is 0 Å². The quantitative estimate of drug-likeness (QED) is 0.197. The number of pyridine rings is 1. The zero-order valence-electron chi connectivity index (χ0n) is 19.6. The molecule has 0 N–H and O–H groups in total. The predicted octanol–water partition coefficient (Wildman–Crippen LogP) is 8.49. The average molecular weight is 510 g/mol. The Morgan fingerprint density at radius 3 is 1.91 bits per heavy atom. The van der Waals surface area contributed by atoms with Gasteiger partial charge in [-0.3, -0.25) is 4.99 Å². The first-order valence-corrected chi connectivity index (χ1v) is 10.1. The van der Waals surface area contributed by atoms with E-state index < -0.39 is 0 Å². The average Bonchev–Trinajstić information content (AvgIpc) is 2.67. The molecule has 32 heavy (non-hydrogen) atoms. The maximum atomic E-state index is 6.41. The van der Waals surface area contributed by atoms with Gasteiger partial charge >= 0.3 is 17.1 Å². The topological polar surface area (TPSA) is 37.6 Å². The van der Waals surface area contributed by atoms with Crippen LogP contribution in [0.15, 0.2) is 58.5 Å². The summed E-state index contributed by atoms with van der Waals surface area (Å²) in [5.74, 6) is 0. The fourth-order valence-electron chi connectivity index (χ4n) is 3.06. The zero-order chi connectivity index (χ0) is 21.1. The van der Waals surface area contributed by atoms with Gasteiger partial charge in [-0.1, -0.05) is 35.3 Å². The monoisotopic (exact) mass is 509 g/mol. The second-order valence-electron chi connectivity index (χ2n) is 7.15. The summed E-state index contributed by atoms with van der Waals surface area (Å²) in [6.07, 6.45) is 0. The largest absolute Gasteiger partial charge is 2.00 e. The van der Waals surface area contributed by atoms with Crippen LogP contribution in [0.2, 0.25) is 10.0 Å². The Bertz CT molecular complexity index is 1110. The van der Waals surface area contributed by atoms with Gasteiger partial charge in [0, 0.05) is 5.02 Å². The van der Waals surface area contributed by atoms with Gasteiger partial charge in [-0.05, 0) is 87.7 Å². The molecule has 1 heterocycles. The summed E-state index contributed by atoms with van der Waals surface area (Å²) >= 11 is 12.5. The van der Waals surface area contributed by atoms with Gasteiger partial charge in [-0.2, -0.15) is 0 Å². The molecule has 3 aromatic rings. The van der Waals surface area contributed by atoms with Crippen molar-refractivity contribution in [3.8, 4) is 0 Å². The summed E-state index contributed by atoms with van der Waals surface area (Å²) in [6.45, 7) is 9.89. The predicted molar refractivity (Wildman–Crippen MR) is 138 cm³/mol. The van der Waals surface area contributed by atoms with Crippen LogP contribution < -0.4 is 0 Å². The minimum Gasteiger partial charge on any atom is -0.358 e. The van der Waals surface area contributed by atoms with Crippen molar-refractivity contribution in [1.82, 2.24) is 4.98 Å². The van der Waals surface area contributed by atoms with Crippen LogP contribution in [-0.4, -0.2) is 16.4 Å². The van der Waals surface area contributed by atoms with Crippen molar-refractivity contribution in [3.63, 3.8) is 0 Å². The molecule has 0 atom stereocenters. The maximum absolute atomic E-state index is 6.41. The molecule has 170 valence electrons. The number of rotatable bonds is 4. The van der Waals surface area contributed by atoms with Crippen LogP contribution in [0, 0.1) is 35.6 Å². The van der Waals surface area contributed by atoms with E-state index in [1.165, 1.54) is 0 Å². The summed E-state index contributed by atoms with van der Waals surface area (Å²) in [5.41, 5.74) is 8.01. The molecule has 0 aliphatic rings. The maximum Gasteiger partial charge on any atom is 2.00 e. The second-order valence-corrected chi connectivity index (χ2v) is 7.96. The summed E-state index contributed by atoms with van der Waals surface area (Å²) in [4.78, 5) is 14.2. The molecule has 3 rings (SSSR count). The number of halogens is 2. The normalized spacial score (nSPS) is 11.2. The molecule has 2 aromatic carbocycles. The Hall–Kier alpha value is -1.97. The SMILES string of the molecule is CC(=Nc1ccc(Cl)c(C)c1)c1cccc(C(C)=Nc2c(C)cc(C)cc2Cl)n1.[CH3-].[CH3-].[Fe+2]. The van der Waals surface area contributed by atoms with Crippen molar-refractivity contribution in [3.05, 3.63) is 102 Å². The molecule has 3 nitrogen and oxygen atoms in total. The van der Waals surface area contributed by atoms with Crippen molar-refractivity contribution >= 4 is 46.0 Å². The third-order valence-corrected chi connectivity index (χ3v) is 5.32. The molecular weight excluding hydrogens is 481 g/mol. The number of hydrogen-bond acceptors (Lipinski definition) is 3. The number of aromatic nitrogens is 1. The molecule has 0 bridgehead atoms. The molecule has 1 aromatic heterocycles. The molecule has 0 fully saturated rings. The minimum absolute atomic E-state index is 0. The Morgan fingerprint density at radius 1 is 0.750 bits per heavy atom. The van der Waals surface area contributed by atoms with E-state index in [4.69, 9.17) is 33.2 Å². The Morgan fingerprint density at radius 2 is 1.34 bits per heavy atom. The molecule has 0 saturated carbocycles. The summed E-state index contributed by atoms with van der Waals surface area (Å²) < 4.78 is 0. The van der Waals surface area contributed by atoms with Gasteiger partial charge in [-0.25, -0.2) is 9.98 Å². The minimum atomic E-state index is 0. The molecule has 0 unspecified atom stereocenters. The van der Waals surface area contributed by atoms with Crippen LogP contribution in [-0.2, 0) is 17.1 Å². The van der Waals surface area contributed by atoms with Crippen LogP contribution >= 0.6 is 23.2 Å². The van der Waals surface area contributed by atoms with Gasteiger partial charge in [0.2, 0.25) is 0 Å². The standard InChI is InChI=1S/C24H23Cl2N3.2CH3.Fe/c1-14-11-16(3)24(21(26)12-14)28-18(5)23-8-6-7-22(29-23)17(4)27-19-9-10-20(25)15(2)13-19;;;/h6-13H,1-5H3;2*1H3;/q;2*-1;+2. The van der Waals surface area contributed by atoms with E-state index in [-0.39, 0.29) is 31.9 Å². The number of hydrogen-bond donors (Lipinski definition) is 0. The van der Waals surface area contributed by atoms with Gasteiger partial charge in [-0.15, -0.1) is 0 Å². The van der Waals surface area contributed by atoms with E-state index in [1.54, 1.807) is 0 Å². The molecular formula is C26H29Cl2FeN3. The van der Waals surface area contributed by atoms with E-state index in [9.17, 15) is 0 Å². The molecule has 0 spiro atoms. The molecule has 0 aliphatic carbocycles. The number of aryl methyl sites for hydroxylation is 3. The van der Waals surface area contributed by atoms with E-state index in [2.05, 4.69) is 11.1 Å². The first-order chi connectivity index (χ1) is 13.7. The molecule has 0 saturated heterocycles. The number of benzene rings is 2. The second kappa shape index (κ2) is 12.9. The van der Waals surface area contributed by atoms with E-state index >= 15 is 0 Å². The fraction of sp³-hybridized carbons (Fsp3) is 0.192. The Kier molecular flexibility index (Phi) is 12.1. The third-order valence-electron chi connectivity index (χ3n) is 4.61. The van der Waals surface area contributed by atoms with Crippen LogP contribution in [0.3, 0.4) is 0 Å². The van der Waals surface area contributed by atoms with E-state index in [1.807, 2.05) is 77.1 Å². The zero-order valence-corrected chi connectivity index (χ0v) is 22.2. The number of aliphatic imine (C=N–C) groups is 2. The van der Waals surface area contributed by atoms with Crippen LogP contribution in [0.25, 0.3) is 0 Å². The van der Waals surface area contributed by atoms with Gasteiger partial charge in [0.1, 0.15) is 0 Å². The summed E-state index contributed by atoms with van der Waals surface area (Å²) in [7, 11) is 0. The number of nitrogens with zero attached hydrogens (tertiary/aromatic N) is 3. The van der Waals surface area contributed by atoms with Crippen LogP contribution in [0.5, 0.6) is 0 Å². The van der Waals surface area contributed by atoms with Crippen LogP contribution in [0.4, 0.5) is 11.4 Å². The van der Waals surface area contributed by atoms with E-state index in [0.717, 1.165) is 55.9 Å². The van der Waals surface area contributed by atoms with Gasteiger partial charge in [0.05, 0.1) is 39.2 Å². The first-order valence-electron chi connectivity index (χ1n) is 9.36. The van der Waals surface area contributed by atoms with Crippen molar-refractivity contribution in [2.75, 3.05) is 0 Å².